The van der Waals surface area contributed by atoms with E-state index < -0.39 is 0 Å². The van der Waals surface area contributed by atoms with Crippen LogP contribution in [0.4, 0.5) is 0 Å². The van der Waals surface area contributed by atoms with Crippen molar-refractivity contribution in [1.82, 2.24) is 9.88 Å². The van der Waals surface area contributed by atoms with E-state index >= 15 is 0 Å². The number of fused-ring (bicyclic) bond motifs is 1. The van der Waals surface area contributed by atoms with E-state index in [4.69, 9.17) is 9.72 Å². The maximum atomic E-state index is 13.0. The molecule has 170 valence electrons. The number of hydrogen-bond acceptors (Lipinski definition) is 4. The fraction of sp³-hybridized carbons (Fsp3) is 0.429. The van der Waals surface area contributed by atoms with Gasteiger partial charge in [0.1, 0.15) is 6.61 Å². The zero-order chi connectivity index (χ0) is 22.9. The highest BCUT2D eigenvalue weighted by Crippen LogP contribution is 2.32. The molecular formula is C28H36N2O2. The van der Waals surface area contributed by atoms with Crippen molar-refractivity contribution in [2.45, 2.75) is 53.4 Å². The first-order chi connectivity index (χ1) is 15.6. The number of unbranched alkanes of at least 4 members (excludes halogenated alkanes) is 2. The van der Waals surface area contributed by atoms with Crippen LogP contribution >= 0.6 is 0 Å². The maximum absolute atomic E-state index is 13.0. The third-order valence-electron chi connectivity index (χ3n) is 6.17. The highest BCUT2D eigenvalue weighted by atomic mass is 16.5. The number of benzene rings is 2. The summed E-state index contributed by atoms with van der Waals surface area (Å²) in [6.45, 7) is 11.9. The van der Waals surface area contributed by atoms with Crippen molar-refractivity contribution in [3.05, 3.63) is 65.4 Å². The topological polar surface area (TPSA) is 42.4 Å². The van der Waals surface area contributed by atoms with Crippen LogP contribution in [-0.2, 0) is 4.74 Å². The average molecular weight is 433 g/mol. The predicted octanol–water partition coefficient (Wildman–Crippen LogP) is 6.58. The summed E-state index contributed by atoms with van der Waals surface area (Å²) in [7, 11) is 0. The van der Waals surface area contributed by atoms with E-state index in [1.54, 1.807) is 6.20 Å². The van der Waals surface area contributed by atoms with Gasteiger partial charge in [-0.3, -0.25) is 9.88 Å². The molecule has 0 atom stereocenters. The van der Waals surface area contributed by atoms with Gasteiger partial charge in [0.05, 0.1) is 11.3 Å². The zero-order valence-electron chi connectivity index (χ0n) is 20.0. The van der Waals surface area contributed by atoms with E-state index in [1.165, 1.54) is 36.8 Å². The van der Waals surface area contributed by atoms with Crippen molar-refractivity contribution in [3.8, 4) is 11.3 Å². The van der Waals surface area contributed by atoms with Gasteiger partial charge in [-0.25, -0.2) is 4.79 Å². The molecule has 1 aromatic heterocycles. The summed E-state index contributed by atoms with van der Waals surface area (Å²) in [6, 6.07) is 14.2. The number of pyridine rings is 1. The second-order valence-electron chi connectivity index (χ2n) is 8.50. The Labute approximate surface area is 192 Å². The van der Waals surface area contributed by atoms with Crippen LogP contribution in [0.25, 0.3) is 22.0 Å². The molecule has 0 fully saturated rings. The lowest BCUT2D eigenvalue weighted by molar-refractivity contribution is 0.0462. The molecule has 0 amide bonds. The Hall–Kier alpha value is -2.72. The number of rotatable bonds is 11. The van der Waals surface area contributed by atoms with E-state index in [9.17, 15) is 4.79 Å². The van der Waals surface area contributed by atoms with E-state index in [-0.39, 0.29) is 5.97 Å². The SMILES string of the molecule is CCCCN(CCCC)CCOC(=O)c1cnc(-c2cccc(C)c2C)c2ccccc12. The van der Waals surface area contributed by atoms with Crippen LogP contribution in [0.2, 0.25) is 0 Å². The van der Waals surface area contributed by atoms with Crippen LogP contribution in [0.5, 0.6) is 0 Å². The van der Waals surface area contributed by atoms with Gasteiger partial charge in [-0.15, -0.1) is 0 Å². The standard InChI is InChI=1S/C28H36N2O2/c1-5-7-16-30(17-8-6-2)18-19-32-28(31)26-20-29-27(25-14-10-9-13-24(25)26)23-15-11-12-21(3)22(23)4/h9-15,20H,5-8,16-19H2,1-4H3. The van der Waals surface area contributed by atoms with Gasteiger partial charge < -0.3 is 4.74 Å². The largest absolute Gasteiger partial charge is 0.461 e. The van der Waals surface area contributed by atoms with Gasteiger partial charge in [0.25, 0.3) is 0 Å². The minimum Gasteiger partial charge on any atom is -0.461 e. The van der Waals surface area contributed by atoms with Crippen molar-refractivity contribution in [2.24, 2.45) is 0 Å². The van der Waals surface area contributed by atoms with Gasteiger partial charge in [-0.1, -0.05) is 69.2 Å². The number of ether oxygens (including phenoxy) is 1. The summed E-state index contributed by atoms with van der Waals surface area (Å²) < 4.78 is 5.69. The second-order valence-corrected chi connectivity index (χ2v) is 8.50. The third-order valence-corrected chi connectivity index (χ3v) is 6.17. The first-order valence-corrected chi connectivity index (χ1v) is 11.9. The first kappa shape index (κ1) is 23.9. The molecule has 0 aliphatic carbocycles. The normalized spacial score (nSPS) is 11.3. The average Bonchev–Trinajstić information content (AvgIpc) is 2.81. The number of aryl methyl sites for hydroxylation is 1. The Morgan fingerprint density at radius 1 is 0.906 bits per heavy atom. The Morgan fingerprint density at radius 2 is 1.59 bits per heavy atom. The lowest BCUT2D eigenvalue weighted by Crippen LogP contribution is -2.30. The molecule has 0 aliphatic heterocycles. The van der Waals surface area contributed by atoms with Crippen molar-refractivity contribution in [2.75, 3.05) is 26.2 Å². The summed E-state index contributed by atoms with van der Waals surface area (Å²) in [5.74, 6) is -0.299. The second kappa shape index (κ2) is 11.8. The van der Waals surface area contributed by atoms with Crippen LogP contribution in [0.1, 0.15) is 61.0 Å². The number of carbonyl (C=O) groups excluding carboxylic acids is 1. The minimum absolute atomic E-state index is 0.299. The molecule has 0 spiro atoms. The molecular weight excluding hydrogens is 396 g/mol. The molecule has 0 bridgehead atoms. The zero-order valence-corrected chi connectivity index (χ0v) is 20.0. The molecule has 0 saturated heterocycles. The van der Waals surface area contributed by atoms with Crippen LogP contribution in [0.15, 0.2) is 48.7 Å². The highest BCUT2D eigenvalue weighted by molar-refractivity contribution is 6.08. The van der Waals surface area contributed by atoms with E-state index in [1.807, 2.05) is 24.3 Å². The smallest absolute Gasteiger partial charge is 0.340 e. The first-order valence-electron chi connectivity index (χ1n) is 11.9. The van der Waals surface area contributed by atoms with E-state index in [0.717, 1.165) is 41.7 Å². The van der Waals surface area contributed by atoms with Crippen molar-refractivity contribution >= 4 is 16.7 Å². The molecule has 1 heterocycles. The molecule has 2 aromatic carbocycles. The summed E-state index contributed by atoms with van der Waals surface area (Å²) in [5.41, 5.74) is 4.97. The Kier molecular flexibility index (Phi) is 8.81. The van der Waals surface area contributed by atoms with Crippen molar-refractivity contribution in [1.29, 1.82) is 0 Å². The predicted molar refractivity (Wildman–Crippen MR) is 133 cm³/mol. The van der Waals surface area contributed by atoms with Gasteiger partial charge in [0, 0.05) is 23.7 Å². The number of aromatic nitrogens is 1. The Balaban J connectivity index is 1.79. The summed E-state index contributed by atoms with van der Waals surface area (Å²) in [5, 5.41) is 1.86. The molecule has 4 heteroatoms. The summed E-state index contributed by atoms with van der Waals surface area (Å²) in [6.07, 6.45) is 6.37. The van der Waals surface area contributed by atoms with Crippen LogP contribution in [0, 0.1) is 13.8 Å². The Bertz CT molecular complexity index is 1040. The molecule has 0 aliphatic rings. The fourth-order valence-electron chi connectivity index (χ4n) is 4.02. The van der Waals surface area contributed by atoms with Gasteiger partial charge in [0.15, 0.2) is 0 Å². The van der Waals surface area contributed by atoms with Gasteiger partial charge in [-0.2, -0.15) is 0 Å². The van der Waals surface area contributed by atoms with Gasteiger partial charge >= 0.3 is 5.97 Å². The Morgan fingerprint density at radius 3 is 2.28 bits per heavy atom. The molecule has 32 heavy (non-hydrogen) atoms. The van der Waals surface area contributed by atoms with E-state index in [0.29, 0.717) is 12.2 Å². The molecule has 0 unspecified atom stereocenters. The number of nitrogens with zero attached hydrogens (tertiary/aromatic N) is 2. The monoisotopic (exact) mass is 432 g/mol. The number of hydrogen-bond donors (Lipinski definition) is 0. The number of esters is 1. The van der Waals surface area contributed by atoms with Crippen LogP contribution in [-0.4, -0.2) is 42.1 Å². The molecule has 0 saturated carbocycles. The molecule has 4 nitrogen and oxygen atoms in total. The lowest BCUT2D eigenvalue weighted by Gasteiger charge is -2.21. The van der Waals surface area contributed by atoms with E-state index in [2.05, 4.69) is 50.8 Å². The molecule has 3 aromatic rings. The maximum Gasteiger partial charge on any atom is 0.340 e. The molecule has 0 radical (unpaired) electrons. The quantitative estimate of drug-likeness (QED) is 0.321. The molecule has 0 N–H and O–H groups in total. The molecule has 3 rings (SSSR count). The van der Waals surface area contributed by atoms with Gasteiger partial charge in [0.2, 0.25) is 0 Å². The fourth-order valence-corrected chi connectivity index (χ4v) is 4.02. The minimum atomic E-state index is -0.299. The summed E-state index contributed by atoms with van der Waals surface area (Å²) >= 11 is 0. The lowest BCUT2D eigenvalue weighted by atomic mass is 9.96. The van der Waals surface area contributed by atoms with Gasteiger partial charge in [-0.05, 0) is 56.3 Å². The third kappa shape index (κ3) is 5.74. The van der Waals surface area contributed by atoms with Crippen LogP contribution < -0.4 is 0 Å². The summed E-state index contributed by atoms with van der Waals surface area (Å²) in [4.78, 5) is 20.1. The van der Waals surface area contributed by atoms with Crippen LogP contribution in [0.3, 0.4) is 0 Å². The van der Waals surface area contributed by atoms with Crippen molar-refractivity contribution < 1.29 is 9.53 Å². The highest BCUT2D eigenvalue weighted by Gasteiger charge is 2.17. The van der Waals surface area contributed by atoms with Crippen molar-refractivity contribution in [3.63, 3.8) is 0 Å². The number of carbonyl (C=O) groups is 1.